The number of rotatable bonds is 5. The molecule has 0 aromatic carbocycles. The number of carbonyl (C=O) groups excluding carboxylic acids is 3. The zero-order valence-corrected chi connectivity index (χ0v) is 23.0. The fourth-order valence-corrected chi connectivity index (χ4v) is 7.47. The molecule has 3 aromatic heterocycles. The number of aromatic amines is 1. The molecule has 3 aromatic rings. The summed E-state index contributed by atoms with van der Waals surface area (Å²) < 4.78 is 16.2. The Kier molecular flexibility index (Phi) is 6.10. The highest BCUT2D eigenvalue weighted by Crippen LogP contribution is 2.62. The average Bonchev–Trinajstić information content (AvgIpc) is 3.66. The third-order valence-corrected chi connectivity index (χ3v) is 9.75. The standard InChI is InChI=1S/C28H34FN7O4/c1-4-26(2)11-17-12-27(3,28(40,13-17)16-26)25(39)35-9-7-34(8-10-35)24(38)22(37)18-14-30-21-20(18)19(29)15-31-23(21)36-6-5-32-33-36/h5-6,14-15,17,30,40H,4,7-13,16H2,1-3H3/t17?,26-,27?,28+/m0/s1. The summed E-state index contributed by atoms with van der Waals surface area (Å²) in [6, 6.07) is 0. The van der Waals surface area contributed by atoms with Crippen molar-refractivity contribution in [2.45, 2.75) is 58.5 Å². The first-order valence-corrected chi connectivity index (χ1v) is 13.9. The zero-order chi connectivity index (χ0) is 28.4. The lowest BCUT2D eigenvalue weighted by Crippen LogP contribution is -2.59. The minimum atomic E-state index is -1.04. The number of H-pyrrole nitrogens is 1. The number of fused-ring (bicyclic) bond motifs is 3. The second-order valence-corrected chi connectivity index (χ2v) is 12.3. The number of aromatic nitrogens is 5. The number of ketones is 1. The van der Waals surface area contributed by atoms with Crippen molar-refractivity contribution in [2.75, 3.05) is 26.2 Å². The molecule has 6 rings (SSSR count). The van der Waals surface area contributed by atoms with Crippen molar-refractivity contribution in [1.29, 1.82) is 0 Å². The minimum absolute atomic E-state index is 0.0230. The monoisotopic (exact) mass is 551 g/mol. The molecule has 0 spiro atoms. The summed E-state index contributed by atoms with van der Waals surface area (Å²) >= 11 is 0. The van der Waals surface area contributed by atoms with E-state index in [9.17, 15) is 23.9 Å². The smallest absolute Gasteiger partial charge is 0.295 e. The molecule has 0 radical (unpaired) electrons. The van der Waals surface area contributed by atoms with Gasteiger partial charge in [0, 0.05) is 32.4 Å². The predicted octanol–water partition coefficient (Wildman–Crippen LogP) is 2.49. The van der Waals surface area contributed by atoms with Crippen LogP contribution < -0.4 is 0 Å². The van der Waals surface area contributed by atoms with Crippen LogP contribution in [0.2, 0.25) is 0 Å². The molecular weight excluding hydrogens is 517 g/mol. The van der Waals surface area contributed by atoms with Gasteiger partial charge in [-0.05, 0) is 43.9 Å². The number of nitrogens with zero attached hydrogens (tertiary/aromatic N) is 6. The van der Waals surface area contributed by atoms with E-state index in [0.29, 0.717) is 25.2 Å². The zero-order valence-electron chi connectivity index (χ0n) is 23.0. The van der Waals surface area contributed by atoms with Crippen molar-refractivity contribution in [1.82, 2.24) is 34.8 Å². The lowest BCUT2D eigenvalue weighted by molar-refractivity contribution is -0.163. The highest BCUT2D eigenvalue weighted by atomic mass is 19.1. The van der Waals surface area contributed by atoms with Gasteiger partial charge in [-0.15, -0.1) is 5.10 Å². The van der Waals surface area contributed by atoms with Crippen LogP contribution in [0.3, 0.4) is 0 Å². The van der Waals surface area contributed by atoms with E-state index in [2.05, 4.69) is 34.1 Å². The highest BCUT2D eigenvalue weighted by Gasteiger charge is 2.64. The van der Waals surface area contributed by atoms with Gasteiger partial charge in [0.2, 0.25) is 5.91 Å². The van der Waals surface area contributed by atoms with Crippen molar-refractivity contribution in [3.63, 3.8) is 0 Å². The number of amides is 2. The van der Waals surface area contributed by atoms with Crippen LogP contribution in [0.5, 0.6) is 0 Å². The number of aliphatic hydroxyl groups is 1. The maximum atomic E-state index is 14.8. The molecule has 2 aliphatic carbocycles. The number of carbonyl (C=O) groups is 3. The first kappa shape index (κ1) is 26.5. The van der Waals surface area contributed by atoms with Gasteiger partial charge in [-0.1, -0.05) is 25.5 Å². The van der Waals surface area contributed by atoms with Gasteiger partial charge in [-0.2, -0.15) is 0 Å². The molecule has 1 aliphatic heterocycles. The Balaban J connectivity index is 1.16. The molecule has 12 heteroatoms. The quantitative estimate of drug-likeness (QED) is 0.367. The molecule has 4 heterocycles. The van der Waals surface area contributed by atoms with Crippen molar-refractivity contribution >= 4 is 28.5 Å². The Labute approximate surface area is 230 Å². The summed E-state index contributed by atoms with van der Waals surface area (Å²) in [7, 11) is 0. The van der Waals surface area contributed by atoms with Crippen LogP contribution in [0.15, 0.2) is 24.8 Å². The molecule has 3 fully saturated rings. The molecule has 212 valence electrons. The van der Waals surface area contributed by atoms with Gasteiger partial charge in [0.1, 0.15) is 0 Å². The second kappa shape index (κ2) is 9.18. The molecule has 2 N–H and O–H groups in total. The number of pyridine rings is 1. The van der Waals surface area contributed by atoms with E-state index in [4.69, 9.17) is 0 Å². The van der Waals surface area contributed by atoms with Gasteiger partial charge in [-0.25, -0.2) is 14.1 Å². The van der Waals surface area contributed by atoms with E-state index in [1.807, 2.05) is 6.92 Å². The average molecular weight is 552 g/mol. The van der Waals surface area contributed by atoms with Gasteiger partial charge >= 0.3 is 0 Å². The second-order valence-electron chi connectivity index (χ2n) is 12.3. The Morgan fingerprint density at radius 1 is 1.12 bits per heavy atom. The fourth-order valence-electron chi connectivity index (χ4n) is 7.47. The Hall–Kier alpha value is -3.67. The highest BCUT2D eigenvalue weighted by molar-refractivity contribution is 6.45. The maximum absolute atomic E-state index is 14.8. The predicted molar refractivity (Wildman–Crippen MR) is 142 cm³/mol. The molecule has 2 amide bonds. The summed E-state index contributed by atoms with van der Waals surface area (Å²) in [6.45, 7) is 7.12. The van der Waals surface area contributed by atoms with Crippen LogP contribution in [0.1, 0.15) is 63.2 Å². The Morgan fingerprint density at radius 2 is 1.85 bits per heavy atom. The SMILES string of the molecule is CC[C@@]1(C)CC2CC(C)(C(=O)N3CCN(C(=O)C(=O)c4c[nH]c5c(-n6ccnn6)ncc(F)c45)CC3)[C@@](O)(C2)C1. The lowest BCUT2D eigenvalue weighted by Gasteiger charge is -2.47. The van der Waals surface area contributed by atoms with Crippen LogP contribution in [0, 0.1) is 22.6 Å². The van der Waals surface area contributed by atoms with Crippen molar-refractivity contribution in [3.05, 3.63) is 36.2 Å². The van der Waals surface area contributed by atoms with Gasteiger partial charge in [-0.3, -0.25) is 14.4 Å². The first-order valence-electron chi connectivity index (χ1n) is 13.9. The van der Waals surface area contributed by atoms with E-state index in [-0.39, 0.29) is 59.8 Å². The summed E-state index contributed by atoms with van der Waals surface area (Å²) in [5, 5.41) is 19.3. The van der Waals surface area contributed by atoms with Crippen LogP contribution >= 0.6 is 0 Å². The molecular formula is C28H34FN7O4. The molecule has 2 bridgehead atoms. The minimum Gasteiger partial charge on any atom is -0.389 e. The number of piperazine rings is 1. The topological polar surface area (TPSA) is 137 Å². The van der Waals surface area contributed by atoms with E-state index >= 15 is 0 Å². The molecule has 2 saturated carbocycles. The third-order valence-electron chi connectivity index (χ3n) is 9.75. The number of hydrogen-bond acceptors (Lipinski definition) is 7. The molecule has 11 nitrogen and oxygen atoms in total. The summed E-state index contributed by atoms with van der Waals surface area (Å²) in [5.74, 6) is -1.85. The van der Waals surface area contributed by atoms with Crippen molar-refractivity contribution < 1.29 is 23.9 Å². The third kappa shape index (κ3) is 3.94. The van der Waals surface area contributed by atoms with E-state index in [0.717, 1.165) is 19.0 Å². The molecule has 1 saturated heterocycles. The molecule has 3 aliphatic rings. The van der Waals surface area contributed by atoms with Crippen LogP contribution in [0.25, 0.3) is 16.7 Å². The Morgan fingerprint density at radius 3 is 2.52 bits per heavy atom. The summed E-state index contributed by atoms with van der Waals surface area (Å²) in [5.41, 5.74) is -1.75. The van der Waals surface area contributed by atoms with Gasteiger partial charge in [0.05, 0.1) is 46.1 Å². The van der Waals surface area contributed by atoms with Crippen LogP contribution in [-0.4, -0.2) is 89.2 Å². The van der Waals surface area contributed by atoms with Gasteiger partial charge < -0.3 is 19.9 Å². The molecule has 40 heavy (non-hydrogen) atoms. The summed E-state index contributed by atoms with van der Waals surface area (Å²) in [4.78, 5) is 50.3. The fraction of sp³-hybridized carbons (Fsp3) is 0.571. The number of nitrogens with one attached hydrogen (secondary N) is 1. The molecule has 4 atom stereocenters. The van der Waals surface area contributed by atoms with E-state index in [1.54, 1.807) is 4.90 Å². The van der Waals surface area contributed by atoms with Crippen molar-refractivity contribution in [2.24, 2.45) is 16.7 Å². The van der Waals surface area contributed by atoms with Gasteiger partial charge in [0.25, 0.3) is 11.7 Å². The maximum Gasteiger partial charge on any atom is 0.295 e. The number of Topliss-reactive ketones (excluding diaryl/α,β-unsaturated/α-hetero) is 1. The summed E-state index contributed by atoms with van der Waals surface area (Å²) in [6.07, 6.45) is 9.16. The van der Waals surface area contributed by atoms with E-state index < -0.39 is 28.5 Å². The molecule has 2 unspecified atom stereocenters. The van der Waals surface area contributed by atoms with Crippen molar-refractivity contribution in [3.8, 4) is 5.82 Å². The van der Waals surface area contributed by atoms with E-state index in [1.165, 1.54) is 28.2 Å². The van der Waals surface area contributed by atoms with Crippen LogP contribution in [0.4, 0.5) is 4.39 Å². The lowest BCUT2D eigenvalue weighted by atomic mass is 9.63. The largest absolute Gasteiger partial charge is 0.389 e. The normalized spacial score (nSPS) is 30.2. The van der Waals surface area contributed by atoms with Gasteiger partial charge in [0.15, 0.2) is 11.6 Å². The number of hydrogen-bond donors (Lipinski definition) is 2. The van der Waals surface area contributed by atoms with Crippen LogP contribution in [-0.2, 0) is 9.59 Å². The first-order chi connectivity index (χ1) is 19.0. The number of halogens is 1. The Bertz CT molecular complexity index is 1500.